The smallest absolute Gasteiger partial charge is 0.337 e. The van der Waals surface area contributed by atoms with E-state index in [2.05, 4.69) is 159 Å². The van der Waals surface area contributed by atoms with Crippen molar-refractivity contribution in [3.8, 4) is 0 Å². The number of carboxylic acid groups (broad SMARTS) is 1. The van der Waals surface area contributed by atoms with E-state index in [0.717, 1.165) is 0 Å². The van der Waals surface area contributed by atoms with E-state index in [-0.39, 0.29) is 5.56 Å². The summed E-state index contributed by atoms with van der Waals surface area (Å²) in [6, 6.07) is 3.08. The van der Waals surface area contributed by atoms with Crippen LogP contribution in [0.1, 0.15) is 118 Å². The molecule has 49 heavy (non-hydrogen) atoms. The van der Waals surface area contributed by atoms with Gasteiger partial charge in [0.2, 0.25) is 0 Å². The lowest BCUT2D eigenvalue weighted by Crippen LogP contribution is -2.19. The molecule has 0 spiro atoms. The maximum atomic E-state index is 10.2. The fourth-order valence-electron chi connectivity index (χ4n) is 6.28. The molecule has 0 bridgehead atoms. The first kappa shape index (κ1) is 40.9. The van der Waals surface area contributed by atoms with E-state index in [1.807, 2.05) is 0 Å². The van der Waals surface area contributed by atoms with Gasteiger partial charge in [-0.1, -0.05) is 146 Å². The summed E-state index contributed by atoms with van der Waals surface area (Å²) >= 11 is 0. The van der Waals surface area contributed by atoms with E-state index < -0.39 is 5.97 Å². The zero-order valence-corrected chi connectivity index (χ0v) is 31.9. The van der Waals surface area contributed by atoms with Gasteiger partial charge >= 0.3 is 5.97 Å². The molecule has 3 rings (SSSR count). The summed E-state index contributed by atoms with van der Waals surface area (Å²) in [6.07, 6.45) is 41.2. The molecule has 0 atom stereocenters. The van der Waals surface area contributed by atoms with E-state index in [1.165, 1.54) is 90.4 Å². The number of pyridine rings is 1. The summed E-state index contributed by atoms with van der Waals surface area (Å²) in [7, 11) is 0. The van der Waals surface area contributed by atoms with Crippen LogP contribution in [0.25, 0.3) is 0 Å². The van der Waals surface area contributed by atoms with Crippen LogP contribution in [0.3, 0.4) is 0 Å². The molecule has 3 heteroatoms. The maximum Gasteiger partial charge on any atom is 0.337 e. The minimum atomic E-state index is -0.942. The highest BCUT2D eigenvalue weighted by Crippen LogP contribution is 2.41. The lowest BCUT2D eigenvalue weighted by atomic mass is 9.72. The number of aromatic carboxylic acids is 1. The number of carbonyl (C=O) groups is 1. The molecule has 0 aromatic carbocycles. The van der Waals surface area contributed by atoms with Gasteiger partial charge in [-0.25, -0.2) is 4.79 Å². The van der Waals surface area contributed by atoms with Crippen LogP contribution in [0.5, 0.6) is 0 Å². The van der Waals surface area contributed by atoms with Gasteiger partial charge in [0.05, 0.1) is 5.56 Å². The molecule has 2 aliphatic rings. The van der Waals surface area contributed by atoms with Crippen LogP contribution in [0.2, 0.25) is 0 Å². The minimum Gasteiger partial charge on any atom is -0.478 e. The van der Waals surface area contributed by atoms with E-state index in [0.29, 0.717) is 10.8 Å². The summed E-state index contributed by atoms with van der Waals surface area (Å²) < 4.78 is 0. The number of aromatic nitrogens is 1. The number of rotatable bonds is 11. The van der Waals surface area contributed by atoms with E-state index in [9.17, 15) is 4.79 Å². The Balaban J connectivity index is 0.000000797. The molecule has 0 amide bonds. The van der Waals surface area contributed by atoms with E-state index in [1.54, 1.807) is 17.2 Å². The van der Waals surface area contributed by atoms with Crippen LogP contribution in [-0.2, 0) is 0 Å². The second-order valence-corrected chi connectivity index (χ2v) is 14.8. The quantitative estimate of drug-likeness (QED) is 0.241. The van der Waals surface area contributed by atoms with Gasteiger partial charge < -0.3 is 5.11 Å². The third-order valence-electron chi connectivity index (χ3n) is 9.29. The van der Waals surface area contributed by atoms with Crippen LogP contribution in [0.4, 0.5) is 0 Å². The third-order valence-corrected chi connectivity index (χ3v) is 9.29. The first-order chi connectivity index (χ1) is 23.1. The summed E-state index contributed by atoms with van der Waals surface area (Å²) in [5.74, 6) is -0.942. The zero-order valence-electron chi connectivity index (χ0n) is 31.9. The number of carboxylic acids is 1. The molecular weight excluding hydrogens is 599 g/mol. The van der Waals surface area contributed by atoms with Crippen molar-refractivity contribution in [2.24, 2.45) is 10.8 Å². The van der Waals surface area contributed by atoms with Gasteiger partial charge in [-0.3, -0.25) is 4.98 Å². The summed E-state index contributed by atoms with van der Waals surface area (Å²) in [5, 5.41) is 8.34. The number of hydrogen-bond acceptors (Lipinski definition) is 2. The molecule has 0 unspecified atom stereocenters. The molecule has 1 aromatic heterocycles. The van der Waals surface area contributed by atoms with Crippen molar-refractivity contribution in [1.29, 1.82) is 0 Å². The summed E-state index contributed by atoms with van der Waals surface area (Å²) in [4.78, 5) is 13.8. The van der Waals surface area contributed by atoms with Crippen molar-refractivity contribution in [3.63, 3.8) is 0 Å². The molecule has 1 heterocycles. The Kier molecular flexibility index (Phi) is 17.0. The highest BCUT2D eigenvalue weighted by molar-refractivity contribution is 5.86. The molecule has 0 saturated carbocycles. The monoisotopic (exact) mass is 659 g/mol. The first-order valence-electron chi connectivity index (χ1n) is 17.7. The zero-order chi connectivity index (χ0) is 36.5. The second kappa shape index (κ2) is 20.3. The van der Waals surface area contributed by atoms with Crippen molar-refractivity contribution in [2.45, 2.75) is 108 Å². The van der Waals surface area contributed by atoms with Crippen LogP contribution in [0.15, 0.2) is 154 Å². The second-order valence-electron chi connectivity index (χ2n) is 14.8. The fraction of sp³-hybridized carbons (Fsp3) is 0.391. The standard InChI is InChI=1S/C40H56.C6H5NO2/c1-31(19-13-21-33(3)25-27-37-35(5)23-15-29-39(37,7)8)17-11-12-18-32(2)20-14-22-34(4)26-28-38-36(6)24-16-30-40(38,9)10;8-6(9)5-2-1-3-7-4-5/h11-14,17-22,25-28H,15-16,23-24,29-30H2,1-10H3;1-4H,(H,8,9)/b12-11+,19-13+,20-14+,27-25+,28-26+,31-17+,32-18+,33-21+,34-22+;. The minimum absolute atomic E-state index is 0.220. The van der Waals surface area contributed by atoms with Gasteiger partial charge in [-0.2, -0.15) is 0 Å². The molecule has 1 N–H and O–H groups in total. The molecule has 0 fully saturated rings. The number of allylic oxidation sites excluding steroid dienone is 22. The molecule has 3 nitrogen and oxygen atoms in total. The van der Waals surface area contributed by atoms with Crippen LogP contribution in [0, 0.1) is 10.8 Å². The Labute approximate surface area is 298 Å². The summed E-state index contributed by atoms with van der Waals surface area (Å²) in [6.45, 7) is 22.7. The molecule has 2 aliphatic carbocycles. The fourth-order valence-corrected chi connectivity index (χ4v) is 6.28. The van der Waals surface area contributed by atoms with Crippen molar-refractivity contribution in [1.82, 2.24) is 4.98 Å². The third kappa shape index (κ3) is 15.2. The predicted octanol–water partition coefficient (Wildman–Crippen LogP) is 13.4. The number of hydrogen-bond donors (Lipinski definition) is 1. The lowest BCUT2D eigenvalue weighted by Gasteiger charge is -2.33. The Hall–Kier alpha value is -4.24. The van der Waals surface area contributed by atoms with Crippen molar-refractivity contribution in [3.05, 3.63) is 160 Å². The van der Waals surface area contributed by atoms with Crippen molar-refractivity contribution >= 4 is 5.97 Å². The predicted molar refractivity (Wildman–Crippen MR) is 213 cm³/mol. The van der Waals surface area contributed by atoms with Crippen molar-refractivity contribution in [2.75, 3.05) is 0 Å². The van der Waals surface area contributed by atoms with Crippen LogP contribution < -0.4 is 0 Å². The Bertz CT molecular complexity index is 1510. The molecule has 262 valence electrons. The SMILES string of the molecule is CC1=C(/C=C/C(C)=C/C=C/C(C)=C/C=C/C=C(C)/C=C/C=C(C)/C=C/C2=C(C)CCCC2(C)C)C(C)(C)CCC1.O=C(O)c1cccnc1. The highest BCUT2D eigenvalue weighted by atomic mass is 16.4. The molecule has 1 aromatic rings. The van der Waals surface area contributed by atoms with Gasteiger partial charge in [-0.05, 0) is 114 Å². The number of nitrogens with zero attached hydrogens (tertiary/aromatic N) is 1. The topological polar surface area (TPSA) is 50.2 Å². The van der Waals surface area contributed by atoms with Crippen LogP contribution in [-0.4, -0.2) is 16.1 Å². The van der Waals surface area contributed by atoms with Gasteiger partial charge in [0.1, 0.15) is 0 Å². The first-order valence-corrected chi connectivity index (χ1v) is 17.7. The maximum absolute atomic E-state index is 10.2. The molecular formula is C46H61NO2. The Morgan fingerprint density at radius 1 is 0.673 bits per heavy atom. The van der Waals surface area contributed by atoms with Gasteiger partial charge in [0, 0.05) is 12.4 Å². The normalized spacial score (nSPS) is 19.6. The lowest BCUT2D eigenvalue weighted by molar-refractivity contribution is 0.0696. The average Bonchev–Trinajstić information content (AvgIpc) is 3.03. The highest BCUT2D eigenvalue weighted by Gasteiger charge is 2.27. The molecule has 0 aliphatic heterocycles. The van der Waals surface area contributed by atoms with Crippen molar-refractivity contribution < 1.29 is 9.90 Å². The average molecular weight is 660 g/mol. The van der Waals surface area contributed by atoms with E-state index in [4.69, 9.17) is 5.11 Å². The van der Waals surface area contributed by atoms with Gasteiger partial charge in [-0.15, -0.1) is 0 Å². The molecule has 0 radical (unpaired) electrons. The van der Waals surface area contributed by atoms with Gasteiger partial charge in [0.25, 0.3) is 0 Å². The van der Waals surface area contributed by atoms with Gasteiger partial charge in [0.15, 0.2) is 0 Å². The largest absolute Gasteiger partial charge is 0.478 e. The summed E-state index contributed by atoms with van der Waals surface area (Å²) in [5.41, 5.74) is 11.9. The molecule has 0 saturated heterocycles. The van der Waals surface area contributed by atoms with E-state index >= 15 is 0 Å². The Morgan fingerprint density at radius 3 is 1.43 bits per heavy atom. The van der Waals surface area contributed by atoms with Crippen LogP contribution >= 0.6 is 0 Å². The Morgan fingerprint density at radius 2 is 1.08 bits per heavy atom.